The second-order valence-corrected chi connectivity index (χ2v) is 5.24. The summed E-state index contributed by atoms with van der Waals surface area (Å²) in [6, 6.07) is 8.44. The Kier molecular flexibility index (Phi) is 4.18. The van der Waals surface area contributed by atoms with Crippen LogP contribution in [0.15, 0.2) is 24.3 Å². The number of Topliss-reactive ketones (excluding diaryl/α,β-unsaturated/α-hetero) is 1. The molecular formula is C16H23NO. The molecule has 0 spiro atoms. The summed E-state index contributed by atoms with van der Waals surface area (Å²) < 4.78 is 0. The van der Waals surface area contributed by atoms with Crippen molar-refractivity contribution in [1.82, 2.24) is 5.32 Å². The molecule has 0 saturated carbocycles. The maximum absolute atomic E-state index is 12.5. The zero-order valence-corrected chi connectivity index (χ0v) is 11.5. The van der Waals surface area contributed by atoms with Gasteiger partial charge in [0.25, 0.3) is 0 Å². The lowest BCUT2D eigenvalue weighted by Crippen LogP contribution is -2.47. The quantitative estimate of drug-likeness (QED) is 0.864. The van der Waals surface area contributed by atoms with E-state index >= 15 is 0 Å². The highest BCUT2D eigenvalue weighted by atomic mass is 16.1. The summed E-state index contributed by atoms with van der Waals surface area (Å²) in [6.07, 6.45) is 4.63. The molecule has 1 atom stereocenters. The molecule has 1 aromatic carbocycles. The molecule has 1 aliphatic heterocycles. The zero-order chi connectivity index (χ0) is 13.0. The van der Waals surface area contributed by atoms with Crippen LogP contribution in [0.5, 0.6) is 0 Å². The molecule has 0 aromatic heterocycles. The second-order valence-electron chi connectivity index (χ2n) is 5.24. The van der Waals surface area contributed by atoms with Crippen molar-refractivity contribution in [1.29, 1.82) is 0 Å². The first-order valence-electron chi connectivity index (χ1n) is 7.06. The lowest BCUT2D eigenvalue weighted by molar-refractivity contribution is -0.124. The third-order valence-electron chi connectivity index (χ3n) is 4.18. The molecular weight excluding hydrogens is 222 g/mol. The lowest BCUT2D eigenvalue weighted by atomic mass is 9.86. The Balaban J connectivity index is 2.05. The van der Waals surface area contributed by atoms with Gasteiger partial charge in [-0.2, -0.15) is 0 Å². The molecule has 1 aromatic rings. The van der Waals surface area contributed by atoms with Crippen LogP contribution < -0.4 is 5.32 Å². The van der Waals surface area contributed by atoms with E-state index in [2.05, 4.69) is 43.4 Å². The van der Waals surface area contributed by atoms with E-state index < -0.39 is 0 Å². The molecule has 0 amide bonds. The van der Waals surface area contributed by atoms with Crippen molar-refractivity contribution in [2.24, 2.45) is 0 Å². The highest BCUT2D eigenvalue weighted by Crippen LogP contribution is 2.25. The maximum atomic E-state index is 12.5. The molecule has 1 saturated heterocycles. The standard InChI is InChI=1S/C16H23NO/c1-3-13-6-8-14(9-7-13)12-15(18)16(4-2)10-5-11-17-16/h6-9,17H,3-5,10-12H2,1-2H3. The van der Waals surface area contributed by atoms with Gasteiger partial charge in [-0.1, -0.05) is 38.1 Å². The Morgan fingerprint density at radius 3 is 2.39 bits per heavy atom. The van der Waals surface area contributed by atoms with E-state index in [0.717, 1.165) is 37.8 Å². The largest absolute Gasteiger partial charge is 0.305 e. The van der Waals surface area contributed by atoms with E-state index in [0.29, 0.717) is 12.2 Å². The first kappa shape index (κ1) is 13.3. The number of carbonyl (C=O) groups excluding carboxylic acids is 1. The molecule has 1 unspecified atom stereocenters. The van der Waals surface area contributed by atoms with Gasteiger partial charge in [0, 0.05) is 6.42 Å². The van der Waals surface area contributed by atoms with Crippen LogP contribution in [-0.4, -0.2) is 17.9 Å². The highest BCUT2D eigenvalue weighted by molar-refractivity contribution is 5.90. The van der Waals surface area contributed by atoms with Crippen molar-refractivity contribution in [3.8, 4) is 0 Å². The van der Waals surface area contributed by atoms with Crippen LogP contribution in [0.3, 0.4) is 0 Å². The van der Waals surface area contributed by atoms with Gasteiger partial charge in [0.2, 0.25) is 0 Å². The fraction of sp³-hybridized carbons (Fsp3) is 0.562. The van der Waals surface area contributed by atoms with Crippen molar-refractivity contribution in [2.45, 2.75) is 51.5 Å². The smallest absolute Gasteiger partial charge is 0.157 e. The number of hydrogen-bond donors (Lipinski definition) is 1. The van der Waals surface area contributed by atoms with Crippen molar-refractivity contribution < 1.29 is 4.79 Å². The van der Waals surface area contributed by atoms with Gasteiger partial charge in [-0.3, -0.25) is 4.79 Å². The SMILES string of the molecule is CCc1ccc(CC(=O)C2(CC)CCCN2)cc1. The zero-order valence-electron chi connectivity index (χ0n) is 11.5. The third kappa shape index (κ3) is 2.64. The molecule has 18 heavy (non-hydrogen) atoms. The summed E-state index contributed by atoms with van der Waals surface area (Å²) >= 11 is 0. The van der Waals surface area contributed by atoms with Crippen LogP contribution in [-0.2, 0) is 17.6 Å². The number of ketones is 1. The van der Waals surface area contributed by atoms with Gasteiger partial charge < -0.3 is 5.32 Å². The van der Waals surface area contributed by atoms with Crippen molar-refractivity contribution in [3.05, 3.63) is 35.4 Å². The topological polar surface area (TPSA) is 29.1 Å². The number of nitrogens with one attached hydrogen (secondary N) is 1. The van der Waals surface area contributed by atoms with Crippen LogP contribution in [0.25, 0.3) is 0 Å². The summed E-state index contributed by atoms with van der Waals surface area (Å²) in [6.45, 7) is 5.24. The molecule has 2 heteroatoms. The van der Waals surface area contributed by atoms with Crippen LogP contribution in [0, 0.1) is 0 Å². The Hall–Kier alpha value is -1.15. The van der Waals surface area contributed by atoms with E-state index in [1.54, 1.807) is 0 Å². The molecule has 0 aliphatic carbocycles. The Morgan fingerprint density at radius 2 is 1.89 bits per heavy atom. The van der Waals surface area contributed by atoms with Gasteiger partial charge in [-0.25, -0.2) is 0 Å². The highest BCUT2D eigenvalue weighted by Gasteiger charge is 2.38. The Morgan fingerprint density at radius 1 is 1.22 bits per heavy atom. The van der Waals surface area contributed by atoms with Crippen LogP contribution in [0.2, 0.25) is 0 Å². The van der Waals surface area contributed by atoms with Gasteiger partial charge >= 0.3 is 0 Å². The predicted octanol–water partition coefficient (Wildman–Crippen LogP) is 2.89. The molecule has 2 nitrogen and oxygen atoms in total. The van der Waals surface area contributed by atoms with Crippen molar-refractivity contribution >= 4 is 5.78 Å². The maximum Gasteiger partial charge on any atom is 0.157 e. The van der Waals surface area contributed by atoms with Crippen LogP contribution in [0.4, 0.5) is 0 Å². The van der Waals surface area contributed by atoms with Gasteiger partial charge in [-0.05, 0) is 43.4 Å². The number of rotatable bonds is 5. The molecule has 1 N–H and O–H groups in total. The van der Waals surface area contributed by atoms with E-state index in [9.17, 15) is 4.79 Å². The van der Waals surface area contributed by atoms with E-state index in [1.165, 1.54) is 5.56 Å². The van der Waals surface area contributed by atoms with Crippen molar-refractivity contribution in [2.75, 3.05) is 6.54 Å². The molecule has 0 radical (unpaired) electrons. The fourth-order valence-corrected chi connectivity index (χ4v) is 2.79. The normalized spacial score (nSPS) is 23.2. The van der Waals surface area contributed by atoms with Gasteiger partial charge in [0.1, 0.15) is 0 Å². The number of hydrogen-bond acceptors (Lipinski definition) is 2. The summed E-state index contributed by atoms with van der Waals surface area (Å²) in [7, 11) is 0. The van der Waals surface area contributed by atoms with Crippen LogP contribution in [0.1, 0.15) is 44.2 Å². The Bertz CT molecular complexity index is 402. The fourth-order valence-electron chi connectivity index (χ4n) is 2.79. The predicted molar refractivity (Wildman–Crippen MR) is 74.8 cm³/mol. The first-order chi connectivity index (χ1) is 8.70. The molecule has 1 heterocycles. The van der Waals surface area contributed by atoms with Crippen molar-refractivity contribution in [3.63, 3.8) is 0 Å². The summed E-state index contributed by atoms with van der Waals surface area (Å²) in [5.74, 6) is 0.353. The van der Waals surface area contributed by atoms with E-state index in [-0.39, 0.29) is 5.54 Å². The summed E-state index contributed by atoms with van der Waals surface area (Å²) in [5, 5.41) is 3.41. The van der Waals surface area contributed by atoms with Gasteiger partial charge in [0.15, 0.2) is 5.78 Å². The number of aryl methyl sites for hydroxylation is 1. The molecule has 2 rings (SSSR count). The molecule has 1 fully saturated rings. The summed E-state index contributed by atoms with van der Waals surface area (Å²) in [4.78, 5) is 12.5. The van der Waals surface area contributed by atoms with Gasteiger partial charge in [0.05, 0.1) is 5.54 Å². The third-order valence-corrected chi connectivity index (χ3v) is 4.18. The monoisotopic (exact) mass is 245 g/mol. The minimum atomic E-state index is -0.247. The Labute approximate surface area is 110 Å². The lowest BCUT2D eigenvalue weighted by Gasteiger charge is -2.26. The first-order valence-corrected chi connectivity index (χ1v) is 7.06. The summed E-state index contributed by atoms with van der Waals surface area (Å²) in [5.41, 5.74) is 2.22. The van der Waals surface area contributed by atoms with E-state index in [1.807, 2.05) is 0 Å². The molecule has 0 bridgehead atoms. The average Bonchev–Trinajstić information content (AvgIpc) is 2.89. The minimum absolute atomic E-state index is 0.247. The molecule has 1 aliphatic rings. The second kappa shape index (κ2) is 5.66. The van der Waals surface area contributed by atoms with Crippen LogP contribution >= 0.6 is 0 Å². The molecule has 98 valence electrons. The number of carbonyl (C=O) groups is 1. The number of benzene rings is 1. The van der Waals surface area contributed by atoms with Gasteiger partial charge in [-0.15, -0.1) is 0 Å². The van der Waals surface area contributed by atoms with E-state index in [4.69, 9.17) is 0 Å². The minimum Gasteiger partial charge on any atom is -0.305 e. The average molecular weight is 245 g/mol.